The van der Waals surface area contributed by atoms with Gasteiger partial charge < -0.3 is 9.52 Å². The lowest BCUT2D eigenvalue weighted by molar-refractivity contribution is 0.00594. The predicted octanol–water partition coefficient (Wildman–Crippen LogP) is 4.41. The maximum atomic E-state index is 10.3. The smallest absolute Gasteiger partial charge is 0.135 e. The fourth-order valence-electron chi connectivity index (χ4n) is 2.09. The van der Waals surface area contributed by atoms with E-state index < -0.39 is 5.60 Å². The molecule has 1 heterocycles. The third-order valence-electron chi connectivity index (χ3n) is 3.57. The first kappa shape index (κ1) is 14.3. The Morgan fingerprint density at radius 2 is 1.76 bits per heavy atom. The van der Waals surface area contributed by atoms with Gasteiger partial charge in [-0.15, -0.1) is 0 Å². The maximum absolute atomic E-state index is 10.3. The van der Waals surface area contributed by atoms with Gasteiger partial charge in [-0.2, -0.15) is 0 Å². The summed E-state index contributed by atoms with van der Waals surface area (Å²) in [4.78, 5) is 0. The molecule has 0 saturated heterocycles. The van der Waals surface area contributed by atoms with Crippen molar-refractivity contribution in [1.82, 2.24) is 0 Å². The van der Waals surface area contributed by atoms with Crippen molar-refractivity contribution in [2.45, 2.75) is 71.3 Å². The lowest BCUT2D eigenvalue weighted by Crippen LogP contribution is -2.22. The van der Waals surface area contributed by atoms with Gasteiger partial charge in [0.25, 0.3) is 0 Å². The summed E-state index contributed by atoms with van der Waals surface area (Å²) in [7, 11) is 0. The van der Waals surface area contributed by atoms with Gasteiger partial charge in [0.2, 0.25) is 0 Å². The van der Waals surface area contributed by atoms with Crippen LogP contribution in [0, 0.1) is 0 Å². The third-order valence-corrected chi connectivity index (χ3v) is 3.57. The van der Waals surface area contributed by atoms with Crippen LogP contribution in [-0.4, -0.2) is 5.11 Å². The van der Waals surface area contributed by atoms with E-state index in [9.17, 15) is 5.11 Å². The van der Waals surface area contributed by atoms with E-state index >= 15 is 0 Å². The minimum absolute atomic E-state index is 0.701. The molecule has 0 amide bonds. The minimum Gasteiger partial charge on any atom is -0.463 e. The summed E-state index contributed by atoms with van der Waals surface area (Å²) in [6, 6.07) is 3.94. The van der Waals surface area contributed by atoms with Crippen LogP contribution < -0.4 is 0 Å². The Morgan fingerprint density at radius 1 is 1.06 bits per heavy atom. The molecule has 2 nitrogen and oxygen atoms in total. The van der Waals surface area contributed by atoms with E-state index in [1.54, 1.807) is 0 Å². The predicted molar refractivity (Wildman–Crippen MR) is 71.0 cm³/mol. The van der Waals surface area contributed by atoms with Gasteiger partial charge in [-0.25, -0.2) is 0 Å². The van der Waals surface area contributed by atoms with Crippen molar-refractivity contribution in [2.24, 2.45) is 0 Å². The molecule has 0 spiro atoms. The van der Waals surface area contributed by atoms with Crippen LogP contribution in [-0.2, 0) is 12.0 Å². The minimum atomic E-state index is -0.776. The van der Waals surface area contributed by atoms with E-state index in [4.69, 9.17) is 4.42 Å². The monoisotopic (exact) mass is 238 g/mol. The quantitative estimate of drug-likeness (QED) is 0.680. The molecule has 0 saturated carbocycles. The van der Waals surface area contributed by atoms with E-state index in [-0.39, 0.29) is 0 Å². The highest BCUT2D eigenvalue weighted by Crippen LogP contribution is 2.30. The lowest BCUT2D eigenvalue weighted by Gasteiger charge is -2.22. The van der Waals surface area contributed by atoms with Crippen molar-refractivity contribution in [3.63, 3.8) is 0 Å². The van der Waals surface area contributed by atoms with Crippen LogP contribution in [0.2, 0.25) is 0 Å². The number of hydrogen-bond donors (Lipinski definition) is 1. The average Bonchev–Trinajstić information content (AvgIpc) is 2.83. The second-order valence-corrected chi connectivity index (χ2v) is 4.82. The van der Waals surface area contributed by atoms with E-state index in [1.165, 1.54) is 25.7 Å². The van der Waals surface area contributed by atoms with Crippen LogP contribution >= 0.6 is 0 Å². The molecular formula is C15H26O2. The molecule has 0 aliphatic carbocycles. The van der Waals surface area contributed by atoms with Crippen LogP contribution in [0.1, 0.15) is 70.8 Å². The van der Waals surface area contributed by atoms with E-state index in [1.807, 2.05) is 26.0 Å². The Morgan fingerprint density at radius 3 is 2.35 bits per heavy atom. The highest BCUT2D eigenvalue weighted by molar-refractivity contribution is 5.14. The first-order chi connectivity index (χ1) is 8.16. The Labute approximate surface area is 105 Å². The molecule has 1 N–H and O–H groups in total. The Hall–Kier alpha value is -0.760. The largest absolute Gasteiger partial charge is 0.463 e. The number of aryl methyl sites for hydroxylation is 1. The Balaban J connectivity index is 2.53. The number of furan rings is 1. The molecule has 2 heteroatoms. The average molecular weight is 238 g/mol. The van der Waals surface area contributed by atoms with Gasteiger partial charge >= 0.3 is 0 Å². The zero-order valence-corrected chi connectivity index (χ0v) is 11.5. The lowest BCUT2D eigenvalue weighted by atomic mass is 9.95. The molecule has 0 atom stereocenters. The molecule has 1 aromatic heterocycles. The van der Waals surface area contributed by atoms with Crippen LogP contribution in [0.3, 0.4) is 0 Å². The normalized spacial score (nSPS) is 12.0. The fourth-order valence-corrected chi connectivity index (χ4v) is 2.09. The van der Waals surface area contributed by atoms with Crippen molar-refractivity contribution in [3.05, 3.63) is 23.7 Å². The number of rotatable bonds is 8. The highest BCUT2D eigenvalue weighted by Gasteiger charge is 2.28. The van der Waals surface area contributed by atoms with Gasteiger partial charge in [0.15, 0.2) is 0 Å². The molecule has 0 unspecified atom stereocenters. The van der Waals surface area contributed by atoms with Crippen molar-refractivity contribution >= 4 is 0 Å². The molecule has 1 rings (SSSR count). The van der Waals surface area contributed by atoms with Crippen molar-refractivity contribution in [1.29, 1.82) is 0 Å². The second-order valence-electron chi connectivity index (χ2n) is 4.82. The van der Waals surface area contributed by atoms with Gasteiger partial charge in [-0.1, -0.05) is 40.0 Å². The first-order valence-corrected chi connectivity index (χ1v) is 6.97. The van der Waals surface area contributed by atoms with Gasteiger partial charge in [0.05, 0.1) is 0 Å². The SMILES string of the molecule is CCCCCCc1ccc(C(O)(CC)CC)o1. The van der Waals surface area contributed by atoms with E-state index in [2.05, 4.69) is 6.92 Å². The molecule has 0 bridgehead atoms. The zero-order valence-electron chi connectivity index (χ0n) is 11.5. The summed E-state index contributed by atoms with van der Waals surface area (Å²) in [5, 5.41) is 10.3. The van der Waals surface area contributed by atoms with E-state index in [0.717, 1.165) is 17.9 Å². The van der Waals surface area contributed by atoms with Crippen LogP contribution in [0.4, 0.5) is 0 Å². The molecule has 98 valence electrons. The number of aliphatic hydroxyl groups is 1. The molecule has 17 heavy (non-hydrogen) atoms. The van der Waals surface area contributed by atoms with Crippen molar-refractivity contribution in [2.75, 3.05) is 0 Å². The van der Waals surface area contributed by atoms with E-state index in [0.29, 0.717) is 12.8 Å². The molecule has 0 aromatic carbocycles. The Bertz CT molecular complexity index is 310. The summed E-state index contributed by atoms with van der Waals surface area (Å²) in [5.41, 5.74) is -0.776. The summed E-state index contributed by atoms with van der Waals surface area (Å²) in [6.45, 7) is 6.20. The molecule has 0 radical (unpaired) electrons. The van der Waals surface area contributed by atoms with Gasteiger partial charge in [-0.3, -0.25) is 0 Å². The molecule has 0 aliphatic heterocycles. The second kappa shape index (κ2) is 6.85. The van der Waals surface area contributed by atoms with Crippen LogP contribution in [0.5, 0.6) is 0 Å². The van der Waals surface area contributed by atoms with Crippen LogP contribution in [0.25, 0.3) is 0 Å². The van der Waals surface area contributed by atoms with Gasteiger partial charge in [0.1, 0.15) is 17.1 Å². The third kappa shape index (κ3) is 3.88. The summed E-state index contributed by atoms with van der Waals surface area (Å²) in [5.74, 6) is 1.74. The molecule has 1 aromatic rings. The zero-order chi connectivity index (χ0) is 12.7. The first-order valence-electron chi connectivity index (χ1n) is 6.97. The molecular weight excluding hydrogens is 212 g/mol. The summed E-state index contributed by atoms with van der Waals surface area (Å²) >= 11 is 0. The van der Waals surface area contributed by atoms with Crippen molar-refractivity contribution in [3.8, 4) is 0 Å². The summed E-state index contributed by atoms with van der Waals surface area (Å²) in [6.07, 6.45) is 7.38. The Kier molecular flexibility index (Phi) is 5.76. The molecule has 0 fully saturated rings. The fraction of sp³-hybridized carbons (Fsp3) is 0.733. The molecule has 0 aliphatic rings. The van der Waals surface area contributed by atoms with Gasteiger partial charge in [0, 0.05) is 6.42 Å². The number of unbranched alkanes of at least 4 members (excludes halogenated alkanes) is 3. The van der Waals surface area contributed by atoms with Crippen molar-refractivity contribution < 1.29 is 9.52 Å². The highest BCUT2D eigenvalue weighted by atomic mass is 16.4. The topological polar surface area (TPSA) is 33.4 Å². The van der Waals surface area contributed by atoms with Crippen LogP contribution in [0.15, 0.2) is 16.5 Å². The standard InChI is InChI=1S/C15H26O2/c1-4-7-8-9-10-13-11-12-14(17-13)15(16,5-2)6-3/h11-12,16H,4-10H2,1-3H3. The summed E-state index contributed by atoms with van der Waals surface area (Å²) < 4.78 is 5.76. The maximum Gasteiger partial charge on any atom is 0.135 e. The number of hydrogen-bond acceptors (Lipinski definition) is 2. The van der Waals surface area contributed by atoms with Gasteiger partial charge in [-0.05, 0) is 31.4 Å².